The molecule has 0 saturated heterocycles. The highest BCUT2D eigenvalue weighted by atomic mass is 16.5. The molecule has 0 aliphatic heterocycles. The molecule has 104 valence electrons. The van der Waals surface area contributed by atoms with Gasteiger partial charge in [0.25, 0.3) is 5.91 Å². The van der Waals surface area contributed by atoms with E-state index in [0.717, 1.165) is 5.69 Å². The van der Waals surface area contributed by atoms with Crippen molar-refractivity contribution in [1.82, 2.24) is 4.98 Å². The molecule has 0 aliphatic carbocycles. The zero-order valence-corrected chi connectivity index (χ0v) is 11.3. The van der Waals surface area contributed by atoms with Gasteiger partial charge in [0.15, 0.2) is 0 Å². The Morgan fingerprint density at radius 1 is 1.35 bits per heavy atom. The van der Waals surface area contributed by atoms with Crippen molar-refractivity contribution in [1.29, 1.82) is 0 Å². The van der Waals surface area contributed by atoms with Gasteiger partial charge >= 0.3 is 0 Å². The second-order valence-electron chi connectivity index (χ2n) is 4.31. The molecule has 1 aromatic heterocycles. The van der Waals surface area contributed by atoms with Gasteiger partial charge in [-0.05, 0) is 31.2 Å². The molecule has 0 fully saturated rings. The number of ether oxygens (including phenoxy) is 1. The van der Waals surface area contributed by atoms with Crippen molar-refractivity contribution in [3.63, 3.8) is 0 Å². The van der Waals surface area contributed by atoms with Crippen LogP contribution in [-0.2, 0) is 0 Å². The summed E-state index contributed by atoms with van der Waals surface area (Å²) >= 11 is 0. The van der Waals surface area contributed by atoms with Gasteiger partial charge in [0.05, 0.1) is 5.56 Å². The maximum atomic E-state index is 12.0. The first-order valence-electron chi connectivity index (χ1n) is 6.36. The van der Waals surface area contributed by atoms with Crippen LogP contribution in [-0.4, -0.2) is 24.0 Å². The fraction of sp³-hybridized carbons (Fsp3) is 0.200. The third-order valence-corrected chi connectivity index (χ3v) is 2.65. The smallest absolute Gasteiger partial charge is 0.257 e. The molecule has 0 radical (unpaired) electrons. The van der Waals surface area contributed by atoms with Crippen LogP contribution < -0.4 is 15.8 Å². The number of carbonyl (C=O) groups is 1. The zero-order chi connectivity index (χ0) is 14.4. The summed E-state index contributed by atoms with van der Waals surface area (Å²) in [7, 11) is 0. The van der Waals surface area contributed by atoms with Gasteiger partial charge in [0, 0.05) is 30.2 Å². The van der Waals surface area contributed by atoms with E-state index in [1.807, 2.05) is 19.1 Å². The molecule has 2 rings (SSSR count). The van der Waals surface area contributed by atoms with Crippen LogP contribution in [0.25, 0.3) is 0 Å². The lowest BCUT2D eigenvalue weighted by atomic mass is 10.2. The Morgan fingerprint density at radius 3 is 2.90 bits per heavy atom. The van der Waals surface area contributed by atoms with Gasteiger partial charge in [0.2, 0.25) is 0 Å². The fourth-order valence-electron chi connectivity index (χ4n) is 1.65. The van der Waals surface area contributed by atoms with Crippen LogP contribution >= 0.6 is 0 Å². The van der Waals surface area contributed by atoms with E-state index in [1.54, 1.807) is 30.5 Å². The van der Waals surface area contributed by atoms with Crippen LogP contribution in [0.2, 0.25) is 0 Å². The number of aryl methyl sites for hydroxylation is 1. The van der Waals surface area contributed by atoms with Gasteiger partial charge in [-0.3, -0.25) is 9.78 Å². The topological polar surface area (TPSA) is 77.2 Å². The van der Waals surface area contributed by atoms with Crippen molar-refractivity contribution in [3.8, 4) is 5.75 Å². The molecule has 0 spiro atoms. The lowest BCUT2D eigenvalue weighted by molar-refractivity contribution is 0.102. The SMILES string of the molecule is Cc1ccc(C(=O)Nc2cccc(OCCN)c2)cn1. The molecule has 0 unspecified atom stereocenters. The summed E-state index contributed by atoms with van der Waals surface area (Å²) in [6, 6.07) is 10.7. The lowest BCUT2D eigenvalue weighted by Crippen LogP contribution is -2.13. The molecule has 2 aromatic rings. The Morgan fingerprint density at radius 2 is 2.20 bits per heavy atom. The quantitative estimate of drug-likeness (QED) is 0.871. The van der Waals surface area contributed by atoms with Crippen molar-refractivity contribution in [2.45, 2.75) is 6.92 Å². The number of carbonyl (C=O) groups excluding carboxylic acids is 1. The number of hydrogen-bond acceptors (Lipinski definition) is 4. The Balaban J connectivity index is 2.05. The Kier molecular flexibility index (Phi) is 4.68. The summed E-state index contributed by atoms with van der Waals surface area (Å²) in [6.45, 7) is 2.77. The van der Waals surface area contributed by atoms with Crippen LogP contribution in [0.3, 0.4) is 0 Å². The van der Waals surface area contributed by atoms with E-state index in [9.17, 15) is 4.79 Å². The largest absolute Gasteiger partial charge is 0.492 e. The minimum absolute atomic E-state index is 0.200. The van der Waals surface area contributed by atoms with E-state index in [4.69, 9.17) is 10.5 Å². The number of anilines is 1. The minimum atomic E-state index is -0.200. The molecule has 0 bridgehead atoms. The number of benzene rings is 1. The highest BCUT2D eigenvalue weighted by molar-refractivity contribution is 6.04. The number of pyridine rings is 1. The summed E-state index contributed by atoms with van der Waals surface area (Å²) in [5.41, 5.74) is 7.44. The molecule has 3 N–H and O–H groups in total. The van der Waals surface area contributed by atoms with Crippen molar-refractivity contribution in [2.24, 2.45) is 5.73 Å². The zero-order valence-electron chi connectivity index (χ0n) is 11.3. The van der Waals surface area contributed by atoms with Gasteiger partial charge in [-0.2, -0.15) is 0 Å². The molecule has 1 aromatic carbocycles. The van der Waals surface area contributed by atoms with Crippen LogP contribution in [0.5, 0.6) is 5.75 Å². The van der Waals surface area contributed by atoms with E-state index in [1.165, 1.54) is 0 Å². The van der Waals surface area contributed by atoms with Crippen molar-refractivity contribution in [3.05, 3.63) is 53.9 Å². The van der Waals surface area contributed by atoms with E-state index in [0.29, 0.717) is 30.2 Å². The monoisotopic (exact) mass is 271 g/mol. The summed E-state index contributed by atoms with van der Waals surface area (Å²) in [5.74, 6) is 0.476. The van der Waals surface area contributed by atoms with E-state index in [2.05, 4.69) is 10.3 Å². The van der Waals surface area contributed by atoms with E-state index < -0.39 is 0 Å². The fourth-order valence-corrected chi connectivity index (χ4v) is 1.65. The Hall–Kier alpha value is -2.40. The van der Waals surface area contributed by atoms with Crippen LogP contribution in [0.4, 0.5) is 5.69 Å². The van der Waals surface area contributed by atoms with Gasteiger partial charge in [0.1, 0.15) is 12.4 Å². The highest BCUT2D eigenvalue weighted by Crippen LogP contribution is 2.18. The normalized spacial score (nSPS) is 10.1. The minimum Gasteiger partial charge on any atom is -0.492 e. The van der Waals surface area contributed by atoms with E-state index >= 15 is 0 Å². The molecule has 1 amide bonds. The number of nitrogens with two attached hydrogens (primary N) is 1. The number of hydrogen-bond donors (Lipinski definition) is 2. The molecule has 0 saturated carbocycles. The third-order valence-electron chi connectivity index (χ3n) is 2.65. The number of amides is 1. The predicted molar refractivity (Wildman–Crippen MR) is 77.9 cm³/mol. The van der Waals surface area contributed by atoms with E-state index in [-0.39, 0.29) is 5.91 Å². The van der Waals surface area contributed by atoms with Crippen molar-refractivity contribution < 1.29 is 9.53 Å². The summed E-state index contributed by atoms with van der Waals surface area (Å²) in [6.07, 6.45) is 1.55. The van der Waals surface area contributed by atoms with Gasteiger partial charge in [-0.25, -0.2) is 0 Å². The Labute approximate surface area is 117 Å². The van der Waals surface area contributed by atoms with Crippen molar-refractivity contribution >= 4 is 11.6 Å². The van der Waals surface area contributed by atoms with Crippen LogP contribution in [0.15, 0.2) is 42.6 Å². The molecule has 0 atom stereocenters. The number of aromatic nitrogens is 1. The molecular weight excluding hydrogens is 254 g/mol. The van der Waals surface area contributed by atoms with Crippen LogP contribution in [0, 0.1) is 6.92 Å². The average molecular weight is 271 g/mol. The maximum absolute atomic E-state index is 12.0. The first-order valence-corrected chi connectivity index (χ1v) is 6.36. The summed E-state index contributed by atoms with van der Waals surface area (Å²) in [5, 5.41) is 2.80. The van der Waals surface area contributed by atoms with Gasteiger partial charge < -0.3 is 15.8 Å². The Bertz CT molecular complexity index is 582. The number of nitrogens with one attached hydrogen (secondary N) is 1. The first-order chi connectivity index (χ1) is 9.69. The molecule has 20 heavy (non-hydrogen) atoms. The molecular formula is C15H17N3O2. The average Bonchev–Trinajstić information content (AvgIpc) is 2.46. The molecule has 5 nitrogen and oxygen atoms in total. The predicted octanol–water partition coefficient (Wildman–Crippen LogP) is 1.98. The molecule has 0 aliphatic rings. The third kappa shape index (κ3) is 3.80. The summed E-state index contributed by atoms with van der Waals surface area (Å²) < 4.78 is 5.41. The summed E-state index contributed by atoms with van der Waals surface area (Å²) in [4.78, 5) is 16.1. The first kappa shape index (κ1) is 14.0. The van der Waals surface area contributed by atoms with Gasteiger partial charge in [-0.1, -0.05) is 6.07 Å². The van der Waals surface area contributed by atoms with Crippen LogP contribution in [0.1, 0.15) is 16.1 Å². The standard InChI is InChI=1S/C15H17N3O2/c1-11-5-6-12(10-17-11)15(19)18-13-3-2-4-14(9-13)20-8-7-16/h2-6,9-10H,7-8,16H2,1H3,(H,18,19). The molecule has 5 heteroatoms. The lowest BCUT2D eigenvalue weighted by Gasteiger charge is -2.08. The highest BCUT2D eigenvalue weighted by Gasteiger charge is 2.06. The van der Waals surface area contributed by atoms with Crippen molar-refractivity contribution in [2.75, 3.05) is 18.5 Å². The molecule has 1 heterocycles. The number of nitrogens with zero attached hydrogens (tertiary/aromatic N) is 1. The number of rotatable bonds is 5. The second kappa shape index (κ2) is 6.68. The second-order valence-corrected chi connectivity index (χ2v) is 4.31. The van der Waals surface area contributed by atoms with Gasteiger partial charge in [-0.15, -0.1) is 0 Å². The maximum Gasteiger partial charge on any atom is 0.257 e.